The Morgan fingerprint density at radius 2 is 2.10 bits per heavy atom. The number of rotatable bonds is 4. The largest absolute Gasteiger partial charge is 0.345 e. The summed E-state index contributed by atoms with van der Waals surface area (Å²) in [6, 6.07) is 6.71. The molecule has 0 saturated heterocycles. The molecule has 1 amide bonds. The van der Waals surface area contributed by atoms with Crippen molar-refractivity contribution >= 4 is 28.7 Å². The molecule has 1 aliphatic heterocycles. The van der Waals surface area contributed by atoms with Gasteiger partial charge in [-0.15, -0.1) is 11.8 Å². The number of nitrogens with one attached hydrogen (secondary N) is 1. The third-order valence-corrected chi connectivity index (χ3v) is 6.76. The maximum Gasteiger partial charge on any atom is 0.252 e. The highest BCUT2D eigenvalue weighted by molar-refractivity contribution is 7.99. The second-order valence-corrected chi connectivity index (χ2v) is 9.27. The van der Waals surface area contributed by atoms with Crippen molar-refractivity contribution in [1.82, 2.24) is 20.1 Å². The molecule has 3 aromatic rings. The Balaban J connectivity index is 1.53. The summed E-state index contributed by atoms with van der Waals surface area (Å²) in [4.78, 5) is 19.2. The quantitative estimate of drug-likeness (QED) is 0.658. The predicted octanol–water partition coefficient (Wildman–Crippen LogP) is 5.00. The first kappa shape index (κ1) is 18.6. The minimum Gasteiger partial charge on any atom is -0.345 e. The molecule has 7 heteroatoms. The molecule has 29 heavy (non-hydrogen) atoms. The third-order valence-electron chi connectivity index (χ3n) is 5.63. The van der Waals surface area contributed by atoms with Crippen LogP contribution in [0.15, 0.2) is 35.4 Å². The fourth-order valence-electron chi connectivity index (χ4n) is 3.94. The Morgan fingerprint density at radius 3 is 2.86 bits per heavy atom. The Labute approximate surface area is 173 Å². The molecular weight excluding hydrogens is 387 g/mol. The van der Waals surface area contributed by atoms with Crippen molar-refractivity contribution in [2.75, 3.05) is 5.75 Å². The standard InChI is InChI=1S/C22H23FN4OS/c1-12(2)27-21-17(11-24-27)15(10-19(25-21)13-3-4-13)22(28)26-18-7-8-29-20-6-5-14(23)9-16(18)20/h5-6,9-13,18H,3-4,7-8H2,1-2H3,(H,26,28). The van der Waals surface area contributed by atoms with E-state index < -0.39 is 0 Å². The maximum absolute atomic E-state index is 13.8. The molecule has 1 saturated carbocycles. The molecular formula is C22H23FN4OS. The minimum absolute atomic E-state index is 0.144. The molecule has 1 aliphatic carbocycles. The summed E-state index contributed by atoms with van der Waals surface area (Å²) in [6.07, 6.45) is 4.74. The van der Waals surface area contributed by atoms with Crippen LogP contribution >= 0.6 is 11.8 Å². The highest BCUT2D eigenvalue weighted by Gasteiger charge is 2.29. The van der Waals surface area contributed by atoms with Gasteiger partial charge in [-0.3, -0.25) is 4.79 Å². The lowest BCUT2D eigenvalue weighted by atomic mass is 10.0. The number of amides is 1. The molecule has 2 aliphatic rings. The monoisotopic (exact) mass is 410 g/mol. The van der Waals surface area contributed by atoms with E-state index in [2.05, 4.69) is 24.3 Å². The van der Waals surface area contributed by atoms with Crippen LogP contribution in [-0.4, -0.2) is 26.4 Å². The zero-order valence-electron chi connectivity index (χ0n) is 16.5. The lowest BCUT2D eigenvalue weighted by molar-refractivity contribution is 0.0936. The van der Waals surface area contributed by atoms with Crippen molar-refractivity contribution in [2.45, 2.75) is 56.0 Å². The molecule has 1 unspecified atom stereocenters. The zero-order valence-corrected chi connectivity index (χ0v) is 17.3. The number of benzene rings is 1. The first-order valence-electron chi connectivity index (χ1n) is 10.1. The van der Waals surface area contributed by atoms with E-state index in [9.17, 15) is 9.18 Å². The highest BCUT2D eigenvalue weighted by Crippen LogP contribution is 2.41. The first-order chi connectivity index (χ1) is 14.0. The Kier molecular flexibility index (Phi) is 4.57. The normalized spacial score (nSPS) is 18.8. The number of nitrogens with zero attached hydrogens (tertiary/aromatic N) is 3. The lowest BCUT2D eigenvalue weighted by Crippen LogP contribution is -2.31. The van der Waals surface area contributed by atoms with Crippen LogP contribution in [0.3, 0.4) is 0 Å². The van der Waals surface area contributed by atoms with E-state index >= 15 is 0 Å². The number of aromatic nitrogens is 3. The number of hydrogen-bond donors (Lipinski definition) is 1. The summed E-state index contributed by atoms with van der Waals surface area (Å²) in [5.41, 5.74) is 3.20. The van der Waals surface area contributed by atoms with E-state index in [-0.39, 0.29) is 23.8 Å². The van der Waals surface area contributed by atoms with Crippen LogP contribution in [0.25, 0.3) is 11.0 Å². The second kappa shape index (κ2) is 7.13. The van der Waals surface area contributed by atoms with Gasteiger partial charge in [0.25, 0.3) is 5.91 Å². The number of pyridine rings is 1. The number of fused-ring (bicyclic) bond motifs is 2. The van der Waals surface area contributed by atoms with Gasteiger partial charge in [-0.25, -0.2) is 14.1 Å². The predicted molar refractivity (Wildman–Crippen MR) is 112 cm³/mol. The summed E-state index contributed by atoms with van der Waals surface area (Å²) in [5.74, 6) is 0.914. The van der Waals surface area contributed by atoms with Gasteiger partial charge >= 0.3 is 0 Å². The Bertz CT molecular complexity index is 1110. The van der Waals surface area contributed by atoms with Gasteiger partial charge in [-0.1, -0.05) is 0 Å². The molecule has 150 valence electrons. The van der Waals surface area contributed by atoms with Crippen LogP contribution in [0.4, 0.5) is 4.39 Å². The van der Waals surface area contributed by atoms with Crippen LogP contribution in [0, 0.1) is 5.82 Å². The Hall–Kier alpha value is -2.41. The van der Waals surface area contributed by atoms with Gasteiger partial charge in [-0.05, 0) is 62.9 Å². The molecule has 2 aromatic heterocycles. The summed E-state index contributed by atoms with van der Waals surface area (Å²) in [6.45, 7) is 4.12. The van der Waals surface area contributed by atoms with Crippen molar-refractivity contribution in [3.63, 3.8) is 0 Å². The Morgan fingerprint density at radius 1 is 1.28 bits per heavy atom. The van der Waals surface area contributed by atoms with Gasteiger partial charge in [0.15, 0.2) is 5.65 Å². The SMILES string of the molecule is CC(C)n1ncc2c(C(=O)NC3CCSc4ccc(F)cc43)cc(C3CC3)nc21. The molecule has 1 N–H and O–H groups in total. The molecule has 0 bridgehead atoms. The number of halogens is 1. The fraction of sp³-hybridized carbons (Fsp3) is 0.409. The number of carbonyl (C=O) groups is 1. The lowest BCUT2D eigenvalue weighted by Gasteiger charge is -2.26. The van der Waals surface area contributed by atoms with Crippen LogP contribution in [0.5, 0.6) is 0 Å². The number of carbonyl (C=O) groups excluding carboxylic acids is 1. The van der Waals surface area contributed by atoms with E-state index in [1.165, 1.54) is 6.07 Å². The average molecular weight is 411 g/mol. The third kappa shape index (κ3) is 3.41. The molecule has 5 nitrogen and oxygen atoms in total. The van der Waals surface area contributed by atoms with E-state index in [4.69, 9.17) is 4.98 Å². The summed E-state index contributed by atoms with van der Waals surface area (Å²) in [7, 11) is 0. The van der Waals surface area contributed by atoms with Crippen molar-refractivity contribution < 1.29 is 9.18 Å². The van der Waals surface area contributed by atoms with Crippen molar-refractivity contribution in [3.05, 3.63) is 53.1 Å². The smallest absolute Gasteiger partial charge is 0.252 e. The van der Waals surface area contributed by atoms with Gasteiger partial charge in [0.1, 0.15) is 5.82 Å². The highest BCUT2D eigenvalue weighted by atomic mass is 32.2. The zero-order chi connectivity index (χ0) is 20.1. The minimum atomic E-state index is -0.272. The summed E-state index contributed by atoms with van der Waals surface area (Å²) >= 11 is 1.71. The molecule has 3 heterocycles. The van der Waals surface area contributed by atoms with Gasteiger partial charge < -0.3 is 5.32 Å². The fourth-order valence-corrected chi connectivity index (χ4v) is 5.05. The first-order valence-corrected chi connectivity index (χ1v) is 11.1. The summed E-state index contributed by atoms with van der Waals surface area (Å²) in [5, 5.41) is 8.40. The molecule has 1 aromatic carbocycles. The van der Waals surface area contributed by atoms with Crippen LogP contribution < -0.4 is 5.32 Å². The molecule has 1 atom stereocenters. The number of thioether (sulfide) groups is 1. The molecule has 5 rings (SSSR count). The van der Waals surface area contributed by atoms with Gasteiger partial charge in [0, 0.05) is 28.3 Å². The topological polar surface area (TPSA) is 59.8 Å². The van der Waals surface area contributed by atoms with E-state index in [0.29, 0.717) is 11.5 Å². The van der Waals surface area contributed by atoms with E-state index in [1.54, 1.807) is 30.1 Å². The summed E-state index contributed by atoms with van der Waals surface area (Å²) < 4.78 is 15.7. The van der Waals surface area contributed by atoms with Gasteiger partial charge in [0.2, 0.25) is 0 Å². The van der Waals surface area contributed by atoms with E-state index in [1.807, 2.05) is 10.7 Å². The van der Waals surface area contributed by atoms with Crippen LogP contribution in [-0.2, 0) is 0 Å². The van der Waals surface area contributed by atoms with Crippen molar-refractivity contribution in [2.24, 2.45) is 0 Å². The average Bonchev–Trinajstić information content (AvgIpc) is 3.46. The molecule has 1 fully saturated rings. The van der Waals surface area contributed by atoms with Crippen molar-refractivity contribution in [3.8, 4) is 0 Å². The van der Waals surface area contributed by atoms with Gasteiger partial charge in [0.05, 0.1) is 23.2 Å². The van der Waals surface area contributed by atoms with Crippen LogP contribution in [0.2, 0.25) is 0 Å². The number of hydrogen-bond acceptors (Lipinski definition) is 4. The maximum atomic E-state index is 13.8. The molecule has 0 spiro atoms. The van der Waals surface area contributed by atoms with Gasteiger partial charge in [-0.2, -0.15) is 5.10 Å². The van der Waals surface area contributed by atoms with Crippen molar-refractivity contribution in [1.29, 1.82) is 0 Å². The van der Waals surface area contributed by atoms with E-state index in [0.717, 1.165) is 52.2 Å². The second-order valence-electron chi connectivity index (χ2n) is 8.13. The molecule has 0 radical (unpaired) electrons. The van der Waals surface area contributed by atoms with Crippen LogP contribution in [0.1, 0.15) is 72.7 Å².